The van der Waals surface area contributed by atoms with Gasteiger partial charge in [-0.25, -0.2) is 9.50 Å². The van der Waals surface area contributed by atoms with Crippen LogP contribution in [-0.4, -0.2) is 31.3 Å². The number of amides is 1. The van der Waals surface area contributed by atoms with Crippen LogP contribution in [0.2, 0.25) is 0 Å². The maximum Gasteiger partial charge on any atom is 0.295 e. The van der Waals surface area contributed by atoms with Gasteiger partial charge in [0.25, 0.3) is 11.7 Å². The summed E-state index contributed by atoms with van der Waals surface area (Å²) < 4.78 is 7.07. The van der Waals surface area contributed by atoms with Crippen LogP contribution in [0.1, 0.15) is 39.5 Å². The van der Waals surface area contributed by atoms with E-state index in [9.17, 15) is 9.59 Å². The van der Waals surface area contributed by atoms with E-state index in [1.165, 1.54) is 11.4 Å². The molecule has 4 rings (SSSR count). The molecule has 0 atom stereocenters. The van der Waals surface area contributed by atoms with Gasteiger partial charge < -0.3 is 9.73 Å². The number of nitrogens with one attached hydrogen (secondary N) is 1. The van der Waals surface area contributed by atoms with Gasteiger partial charge in [-0.15, -0.1) is 5.10 Å². The van der Waals surface area contributed by atoms with Crippen molar-refractivity contribution < 1.29 is 14.0 Å². The van der Waals surface area contributed by atoms with Gasteiger partial charge in [0.15, 0.2) is 11.5 Å². The first-order chi connectivity index (χ1) is 12.4. The van der Waals surface area contributed by atoms with Gasteiger partial charge in [-0.05, 0) is 32.0 Å². The van der Waals surface area contributed by atoms with Crippen LogP contribution in [-0.2, 0) is 0 Å². The molecule has 8 nitrogen and oxygen atoms in total. The molecule has 1 N–H and O–H groups in total. The number of Topliss-reactive ketones (excluding diaryl/α,β-unsaturated/α-hetero) is 1. The molecule has 0 spiro atoms. The Hall–Kier alpha value is -3.55. The van der Waals surface area contributed by atoms with E-state index in [0.29, 0.717) is 22.4 Å². The molecule has 0 aliphatic rings. The number of fused-ring (bicyclic) bond motifs is 2. The lowest BCUT2D eigenvalue weighted by Gasteiger charge is -2.01. The van der Waals surface area contributed by atoms with E-state index in [0.717, 1.165) is 11.4 Å². The van der Waals surface area contributed by atoms with Gasteiger partial charge in [0.05, 0.1) is 5.69 Å². The fourth-order valence-corrected chi connectivity index (χ4v) is 2.85. The van der Waals surface area contributed by atoms with Crippen molar-refractivity contribution in [3.63, 3.8) is 0 Å². The predicted octanol–water partition coefficient (Wildman–Crippen LogP) is 2.94. The second-order valence-corrected chi connectivity index (χ2v) is 6.00. The fourth-order valence-electron chi connectivity index (χ4n) is 2.85. The van der Waals surface area contributed by atoms with Crippen molar-refractivity contribution in [1.82, 2.24) is 19.6 Å². The summed E-state index contributed by atoms with van der Waals surface area (Å²) >= 11 is 0. The van der Waals surface area contributed by atoms with Crippen molar-refractivity contribution >= 4 is 34.1 Å². The molecule has 1 amide bonds. The van der Waals surface area contributed by atoms with Crippen LogP contribution in [0.25, 0.3) is 16.7 Å². The lowest BCUT2D eigenvalue weighted by molar-refractivity contribution is 0.0990. The Morgan fingerprint density at radius 3 is 2.69 bits per heavy atom. The summed E-state index contributed by atoms with van der Waals surface area (Å²) in [6, 6.07) is 8.95. The minimum atomic E-state index is -0.540. The molecule has 0 radical (unpaired) electrons. The molecule has 0 bridgehead atoms. The lowest BCUT2D eigenvalue weighted by Crippen LogP contribution is -2.15. The first kappa shape index (κ1) is 15.9. The van der Waals surface area contributed by atoms with E-state index in [4.69, 9.17) is 4.42 Å². The molecule has 0 saturated heterocycles. The molecule has 8 heteroatoms. The summed E-state index contributed by atoms with van der Waals surface area (Å²) in [4.78, 5) is 33.0. The second kappa shape index (κ2) is 5.76. The first-order valence-corrected chi connectivity index (χ1v) is 7.99. The number of hydrogen-bond donors (Lipinski definition) is 1. The number of benzene rings is 1. The van der Waals surface area contributed by atoms with E-state index in [-0.39, 0.29) is 17.4 Å². The molecular formula is C18H15N5O3. The number of aryl methyl sites for hydroxylation is 2. The molecule has 130 valence electrons. The van der Waals surface area contributed by atoms with Crippen molar-refractivity contribution in [1.29, 1.82) is 0 Å². The van der Waals surface area contributed by atoms with Crippen molar-refractivity contribution in [2.45, 2.75) is 20.8 Å². The zero-order valence-electron chi connectivity index (χ0n) is 14.4. The predicted molar refractivity (Wildman–Crippen MR) is 94.4 cm³/mol. The molecule has 0 aliphatic carbocycles. The van der Waals surface area contributed by atoms with Crippen molar-refractivity contribution in [2.24, 2.45) is 0 Å². The standard InChI is InChI=1S/C18H15N5O3/c1-9-8-10(2)23-18(19-9)21-16(22-23)17(25)20-14-12-6-4-5-7-13(12)26-15(14)11(3)24/h4-8H,1-3H3,(H,20,25). The number of hydrogen-bond acceptors (Lipinski definition) is 6. The molecule has 0 fully saturated rings. The second-order valence-electron chi connectivity index (χ2n) is 6.00. The summed E-state index contributed by atoms with van der Waals surface area (Å²) in [6.07, 6.45) is 0. The van der Waals surface area contributed by atoms with E-state index >= 15 is 0 Å². The number of rotatable bonds is 3. The summed E-state index contributed by atoms with van der Waals surface area (Å²) in [5, 5.41) is 7.55. The third-order valence-corrected chi connectivity index (χ3v) is 3.98. The smallest absolute Gasteiger partial charge is 0.295 e. The molecule has 1 aromatic carbocycles. The van der Waals surface area contributed by atoms with Gasteiger partial charge >= 0.3 is 0 Å². The SMILES string of the molecule is CC(=O)c1oc2ccccc2c1NC(=O)c1nc2nc(C)cc(C)n2n1. The number of carbonyl (C=O) groups is 2. The molecule has 3 heterocycles. The highest BCUT2D eigenvalue weighted by Gasteiger charge is 2.22. The Morgan fingerprint density at radius 1 is 1.15 bits per heavy atom. The van der Waals surface area contributed by atoms with Gasteiger partial charge in [0.1, 0.15) is 5.58 Å². The lowest BCUT2D eigenvalue weighted by atomic mass is 10.2. The Balaban J connectivity index is 1.77. The van der Waals surface area contributed by atoms with Crippen LogP contribution in [0.3, 0.4) is 0 Å². The highest BCUT2D eigenvalue weighted by Crippen LogP contribution is 2.31. The molecule has 26 heavy (non-hydrogen) atoms. The van der Waals surface area contributed by atoms with Crippen molar-refractivity contribution in [3.05, 3.63) is 53.3 Å². The molecule has 3 aromatic heterocycles. The maximum atomic E-state index is 12.7. The van der Waals surface area contributed by atoms with E-state index in [1.807, 2.05) is 19.9 Å². The minimum Gasteiger partial charge on any atom is -0.451 e. The Labute approximate surface area is 147 Å². The van der Waals surface area contributed by atoms with Crippen LogP contribution in [0.15, 0.2) is 34.7 Å². The minimum absolute atomic E-state index is 0.0361. The van der Waals surface area contributed by atoms with Gasteiger partial charge in [-0.1, -0.05) is 12.1 Å². The third-order valence-electron chi connectivity index (χ3n) is 3.98. The van der Waals surface area contributed by atoms with Crippen molar-refractivity contribution in [3.8, 4) is 0 Å². The molecule has 0 aliphatic heterocycles. The summed E-state index contributed by atoms with van der Waals surface area (Å²) in [5.41, 5.74) is 2.44. The summed E-state index contributed by atoms with van der Waals surface area (Å²) in [5.74, 6) is -0.426. The average Bonchev–Trinajstić information content (AvgIpc) is 3.17. The Kier molecular flexibility index (Phi) is 3.54. The first-order valence-electron chi connectivity index (χ1n) is 7.99. The number of carbonyl (C=O) groups excluding carboxylic acids is 2. The van der Waals surface area contributed by atoms with Crippen molar-refractivity contribution in [2.75, 3.05) is 5.32 Å². The zero-order valence-corrected chi connectivity index (χ0v) is 14.4. The molecule has 0 unspecified atom stereocenters. The zero-order chi connectivity index (χ0) is 18.4. The van der Waals surface area contributed by atoms with Crippen LogP contribution in [0.4, 0.5) is 5.69 Å². The van der Waals surface area contributed by atoms with Crippen LogP contribution < -0.4 is 5.32 Å². The van der Waals surface area contributed by atoms with Gasteiger partial charge in [0, 0.05) is 23.7 Å². The number of para-hydroxylation sites is 1. The van der Waals surface area contributed by atoms with Crippen LogP contribution in [0, 0.1) is 13.8 Å². The number of nitrogens with zero attached hydrogens (tertiary/aromatic N) is 4. The number of anilines is 1. The Morgan fingerprint density at radius 2 is 1.92 bits per heavy atom. The molecular weight excluding hydrogens is 334 g/mol. The normalized spacial score (nSPS) is 11.2. The van der Waals surface area contributed by atoms with Gasteiger partial charge in [0.2, 0.25) is 5.82 Å². The monoisotopic (exact) mass is 349 g/mol. The third kappa shape index (κ3) is 2.52. The average molecular weight is 349 g/mol. The number of furan rings is 1. The Bertz CT molecular complexity index is 1190. The number of aromatic nitrogens is 4. The molecule has 0 saturated carbocycles. The fraction of sp³-hybridized carbons (Fsp3) is 0.167. The highest BCUT2D eigenvalue weighted by molar-refractivity contribution is 6.13. The maximum absolute atomic E-state index is 12.7. The van der Waals surface area contributed by atoms with Gasteiger partial charge in [-0.2, -0.15) is 4.98 Å². The van der Waals surface area contributed by atoms with Crippen LogP contribution >= 0.6 is 0 Å². The number of ketones is 1. The summed E-state index contributed by atoms with van der Waals surface area (Å²) in [6.45, 7) is 5.08. The van der Waals surface area contributed by atoms with E-state index < -0.39 is 5.91 Å². The summed E-state index contributed by atoms with van der Waals surface area (Å²) in [7, 11) is 0. The van der Waals surface area contributed by atoms with E-state index in [1.54, 1.807) is 24.3 Å². The molecule has 4 aromatic rings. The van der Waals surface area contributed by atoms with Gasteiger partial charge in [-0.3, -0.25) is 9.59 Å². The van der Waals surface area contributed by atoms with E-state index in [2.05, 4.69) is 20.4 Å². The highest BCUT2D eigenvalue weighted by atomic mass is 16.3. The quantitative estimate of drug-likeness (QED) is 0.571. The van der Waals surface area contributed by atoms with Crippen LogP contribution in [0.5, 0.6) is 0 Å². The largest absolute Gasteiger partial charge is 0.451 e. The topological polar surface area (TPSA) is 102 Å².